The van der Waals surface area contributed by atoms with Crippen molar-refractivity contribution >= 4 is 33.1 Å². The number of benzene rings is 1. The van der Waals surface area contributed by atoms with E-state index in [4.69, 9.17) is 9.25 Å². The highest BCUT2D eigenvalue weighted by Gasteiger charge is 2.30. The summed E-state index contributed by atoms with van der Waals surface area (Å²) in [4.78, 5) is 23.0. The van der Waals surface area contributed by atoms with Crippen LogP contribution in [0.2, 0.25) is 0 Å². The van der Waals surface area contributed by atoms with Crippen molar-refractivity contribution in [2.45, 2.75) is 44.4 Å². The quantitative estimate of drug-likeness (QED) is 0.613. The summed E-state index contributed by atoms with van der Waals surface area (Å²) in [6.45, 7) is 6.84. The molecule has 1 atom stereocenters. The van der Waals surface area contributed by atoms with Crippen LogP contribution in [0.25, 0.3) is 11.3 Å². The first kappa shape index (κ1) is 21.4. The number of hydroxylamine groups is 2. The molecule has 152 valence electrons. The standard InChI is InChI=1S/C20H25BrN2O4S/c1-20(2,3)19(24)27-23-11-9-14(10-12-23)18-22-16(17(21)26-18)13-5-7-15(8-6-13)28(4)25/h5-8,14H,9-12H2,1-4H3. The molecule has 0 saturated carbocycles. The average Bonchev–Trinajstić information content (AvgIpc) is 3.03. The Balaban J connectivity index is 1.65. The summed E-state index contributed by atoms with van der Waals surface area (Å²) in [5.74, 6) is 0.646. The van der Waals surface area contributed by atoms with Crippen molar-refractivity contribution in [1.82, 2.24) is 10.0 Å². The monoisotopic (exact) mass is 468 g/mol. The van der Waals surface area contributed by atoms with Crippen molar-refractivity contribution in [3.05, 3.63) is 34.8 Å². The van der Waals surface area contributed by atoms with E-state index in [1.807, 2.05) is 45.0 Å². The minimum absolute atomic E-state index is 0.178. The Kier molecular flexibility index (Phi) is 6.54. The van der Waals surface area contributed by atoms with Gasteiger partial charge < -0.3 is 13.8 Å². The average molecular weight is 469 g/mol. The Morgan fingerprint density at radius 3 is 2.43 bits per heavy atom. The van der Waals surface area contributed by atoms with Crippen LogP contribution in [-0.4, -0.2) is 39.9 Å². The first-order valence-corrected chi connectivity index (χ1v) is 11.6. The van der Waals surface area contributed by atoms with Crippen molar-refractivity contribution < 1.29 is 18.6 Å². The van der Waals surface area contributed by atoms with Gasteiger partial charge in [0.2, 0.25) is 0 Å². The van der Waals surface area contributed by atoms with E-state index in [-0.39, 0.29) is 11.9 Å². The Morgan fingerprint density at radius 1 is 1.29 bits per heavy atom. The minimum Gasteiger partial charge on any atom is -0.612 e. The van der Waals surface area contributed by atoms with Crippen LogP contribution in [0.4, 0.5) is 0 Å². The third kappa shape index (κ3) is 4.97. The molecule has 2 aromatic rings. The molecule has 0 amide bonds. The van der Waals surface area contributed by atoms with E-state index in [0.29, 0.717) is 23.6 Å². The normalized spacial score (nSPS) is 17.5. The van der Waals surface area contributed by atoms with Crippen LogP contribution in [0.5, 0.6) is 0 Å². The number of hydrogen-bond acceptors (Lipinski definition) is 6. The molecule has 8 heteroatoms. The summed E-state index contributed by atoms with van der Waals surface area (Å²) < 4.78 is 18.0. The molecular weight excluding hydrogens is 444 g/mol. The van der Waals surface area contributed by atoms with E-state index in [0.717, 1.165) is 29.0 Å². The molecule has 1 aliphatic heterocycles. The van der Waals surface area contributed by atoms with Crippen LogP contribution in [-0.2, 0) is 20.8 Å². The maximum atomic E-state index is 12.0. The van der Waals surface area contributed by atoms with Gasteiger partial charge in [-0.15, -0.1) is 5.06 Å². The lowest BCUT2D eigenvalue weighted by molar-refractivity contribution is -0.204. The predicted octanol–water partition coefficient (Wildman–Crippen LogP) is 4.53. The molecule has 1 fully saturated rings. The summed E-state index contributed by atoms with van der Waals surface area (Å²) in [5, 5.41) is 1.73. The van der Waals surface area contributed by atoms with Gasteiger partial charge in [0, 0.05) is 24.6 Å². The predicted molar refractivity (Wildman–Crippen MR) is 111 cm³/mol. The molecule has 0 radical (unpaired) electrons. The van der Waals surface area contributed by atoms with Crippen molar-refractivity contribution in [3.63, 3.8) is 0 Å². The molecule has 0 aliphatic carbocycles. The Morgan fingerprint density at radius 2 is 1.89 bits per heavy atom. The number of aromatic nitrogens is 1. The zero-order chi connectivity index (χ0) is 20.5. The van der Waals surface area contributed by atoms with Crippen LogP contribution in [0.3, 0.4) is 0 Å². The summed E-state index contributed by atoms with van der Waals surface area (Å²) in [7, 11) is 0. The largest absolute Gasteiger partial charge is 0.612 e. The van der Waals surface area contributed by atoms with Crippen LogP contribution in [0.1, 0.15) is 45.4 Å². The Labute approximate surface area is 176 Å². The molecule has 1 aromatic heterocycles. The Bertz CT molecular complexity index is 822. The van der Waals surface area contributed by atoms with Gasteiger partial charge in [-0.2, -0.15) is 0 Å². The SMILES string of the molecule is C[S+]([O-])c1ccc(-c2nc(C3CCN(OC(=O)C(C)(C)C)CC3)oc2Br)cc1. The first-order chi connectivity index (χ1) is 13.1. The van der Waals surface area contributed by atoms with Gasteiger partial charge in [0.1, 0.15) is 11.9 Å². The second-order valence-corrected chi connectivity index (χ2v) is 10.1. The van der Waals surface area contributed by atoms with Crippen LogP contribution in [0.15, 0.2) is 38.2 Å². The lowest BCUT2D eigenvalue weighted by Crippen LogP contribution is -2.38. The summed E-state index contributed by atoms with van der Waals surface area (Å²) in [6, 6.07) is 7.48. The topological polar surface area (TPSA) is 78.6 Å². The number of piperidine rings is 1. The third-order valence-electron chi connectivity index (χ3n) is 4.69. The van der Waals surface area contributed by atoms with E-state index in [9.17, 15) is 9.35 Å². The zero-order valence-electron chi connectivity index (χ0n) is 16.5. The molecule has 1 aromatic carbocycles. The van der Waals surface area contributed by atoms with Crippen LogP contribution in [0, 0.1) is 5.41 Å². The van der Waals surface area contributed by atoms with Gasteiger partial charge in [-0.1, -0.05) is 0 Å². The number of carbonyl (C=O) groups is 1. The molecule has 28 heavy (non-hydrogen) atoms. The van der Waals surface area contributed by atoms with Crippen molar-refractivity contribution in [2.75, 3.05) is 19.3 Å². The lowest BCUT2D eigenvalue weighted by atomic mass is 9.97. The third-order valence-corrected chi connectivity index (χ3v) is 6.16. The van der Waals surface area contributed by atoms with E-state index >= 15 is 0 Å². The summed E-state index contributed by atoms with van der Waals surface area (Å²) in [6.07, 6.45) is 3.26. The van der Waals surface area contributed by atoms with E-state index in [1.165, 1.54) is 0 Å². The van der Waals surface area contributed by atoms with Gasteiger partial charge in [0.05, 0.1) is 5.41 Å². The molecule has 6 nitrogen and oxygen atoms in total. The summed E-state index contributed by atoms with van der Waals surface area (Å²) in [5.41, 5.74) is 1.14. The van der Waals surface area contributed by atoms with Gasteiger partial charge in [0.15, 0.2) is 15.5 Å². The van der Waals surface area contributed by atoms with E-state index in [2.05, 4.69) is 20.9 Å². The second-order valence-electron chi connectivity index (χ2n) is 7.98. The fourth-order valence-corrected chi connectivity index (χ4v) is 3.93. The molecule has 1 saturated heterocycles. The number of hydrogen-bond donors (Lipinski definition) is 0. The minimum atomic E-state index is -1.01. The molecular formula is C20H25BrN2O4S. The summed E-state index contributed by atoms with van der Waals surface area (Å²) >= 11 is 2.46. The van der Waals surface area contributed by atoms with Crippen LogP contribution < -0.4 is 0 Å². The van der Waals surface area contributed by atoms with Crippen molar-refractivity contribution in [1.29, 1.82) is 0 Å². The number of nitrogens with zero attached hydrogens (tertiary/aromatic N) is 2. The maximum absolute atomic E-state index is 12.0. The molecule has 2 heterocycles. The Hall–Kier alpha value is -1.35. The molecule has 0 N–H and O–H groups in total. The molecule has 3 rings (SSSR count). The smallest absolute Gasteiger partial charge is 0.330 e. The zero-order valence-corrected chi connectivity index (χ0v) is 18.9. The number of rotatable bonds is 4. The van der Waals surface area contributed by atoms with Crippen molar-refractivity contribution in [2.24, 2.45) is 5.41 Å². The van der Waals surface area contributed by atoms with E-state index in [1.54, 1.807) is 11.3 Å². The van der Waals surface area contributed by atoms with Crippen molar-refractivity contribution in [3.8, 4) is 11.3 Å². The number of halogens is 1. The first-order valence-electron chi connectivity index (χ1n) is 9.22. The van der Waals surface area contributed by atoms with Crippen LogP contribution >= 0.6 is 15.9 Å². The van der Waals surface area contributed by atoms with Gasteiger partial charge >= 0.3 is 5.97 Å². The molecule has 1 aliphatic rings. The number of carbonyl (C=O) groups excluding carboxylic acids is 1. The fourth-order valence-electron chi connectivity index (χ4n) is 2.92. The second kappa shape index (κ2) is 8.57. The fraction of sp³-hybridized carbons (Fsp3) is 0.500. The molecule has 0 spiro atoms. The number of oxazole rings is 1. The lowest BCUT2D eigenvalue weighted by Gasteiger charge is -2.30. The van der Waals surface area contributed by atoms with E-state index < -0.39 is 16.6 Å². The molecule has 0 bridgehead atoms. The van der Waals surface area contributed by atoms with Gasteiger partial charge in [-0.25, -0.2) is 9.78 Å². The van der Waals surface area contributed by atoms with Gasteiger partial charge in [-0.05, 0) is 85.0 Å². The van der Waals surface area contributed by atoms with Gasteiger partial charge in [-0.3, -0.25) is 0 Å². The maximum Gasteiger partial charge on any atom is 0.330 e. The highest BCUT2D eigenvalue weighted by atomic mass is 79.9. The van der Waals surface area contributed by atoms with Gasteiger partial charge in [0.25, 0.3) is 0 Å². The highest BCUT2D eigenvalue weighted by molar-refractivity contribution is 9.10. The molecule has 1 unspecified atom stereocenters. The highest BCUT2D eigenvalue weighted by Crippen LogP contribution is 2.35.